The Hall–Kier alpha value is -7.35. The zero-order chi connectivity index (χ0) is 75.6. The topological polar surface area (TPSA) is 656 Å². The third kappa shape index (κ3) is 24.1. The highest BCUT2D eigenvalue weighted by molar-refractivity contribution is 7.96. The lowest BCUT2D eigenvalue weighted by Crippen LogP contribution is -3.00. The highest BCUT2D eigenvalue weighted by Gasteiger charge is 2.54. The van der Waals surface area contributed by atoms with Crippen LogP contribution in [0.1, 0.15) is 103 Å². The van der Waals surface area contributed by atoms with Gasteiger partial charge in [-0.05, 0) is 45.5 Å². The molecule has 0 radical (unpaired) electrons. The summed E-state index contributed by atoms with van der Waals surface area (Å²) >= 11 is 2.47. The van der Waals surface area contributed by atoms with Crippen molar-refractivity contribution in [1.82, 2.24) is 67.1 Å². The van der Waals surface area contributed by atoms with Crippen molar-refractivity contribution in [2.75, 3.05) is 56.3 Å². The van der Waals surface area contributed by atoms with Gasteiger partial charge in [0.1, 0.15) is 100 Å². The first-order valence-corrected chi connectivity index (χ1v) is 35.7. The SMILES string of the molecule is Cc1c(N)nc(C(CC(N)=O)NCC(N)C(N)=O)nc1C(=O)NC(C(=O)NC(C)C(O)C(C)C(=O)NC(C(=O)NCCc1nc(-c2nc(C(=O)NCCC[S+](C)CC(=O)NC(C)C)cs2)cs1)C(C)O)C(O[C@@H]1O[C@H](CO)[C@@H](O)[C@@H](O)C1OC1O[C@@H](CO)C(O)[C@@H](OC(N)=O)[C@@H]1O)c1cnc[nH]1.[Br-]. The summed E-state index contributed by atoms with van der Waals surface area (Å²) in [6, 6.07) is -7.85. The number of aliphatic hydroxyl groups excluding tert-OH is 8. The van der Waals surface area contributed by atoms with E-state index < -0.39 is 183 Å². The van der Waals surface area contributed by atoms with Crippen molar-refractivity contribution < 1.29 is 125 Å². The van der Waals surface area contributed by atoms with E-state index in [0.717, 1.165) is 18.3 Å². The molecule has 6 rings (SSSR count). The molecule has 4 aromatic heterocycles. The molecule has 20 atom stereocenters. The number of primary amides is 3. The van der Waals surface area contributed by atoms with Crippen molar-refractivity contribution >= 4 is 92.7 Å². The quantitative estimate of drug-likeness (QED) is 0.0146. The number of hydrogen-bond donors (Lipinski definition) is 21. The van der Waals surface area contributed by atoms with Gasteiger partial charge in [0.15, 0.2) is 24.4 Å². The summed E-state index contributed by atoms with van der Waals surface area (Å²) in [4.78, 5) is 143. The number of anilines is 1. The van der Waals surface area contributed by atoms with Gasteiger partial charge in [-0.15, -0.1) is 22.7 Å². The number of imidazole rings is 1. The molecule has 2 aliphatic rings. The fourth-order valence-corrected chi connectivity index (χ4v) is 13.3. The number of nitrogens with one attached hydrogen (secondary N) is 8. The monoisotopic (exact) mass is 1580 g/mol. The molecule has 0 spiro atoms. The highest BCUT2D eigenvalue weighted by atomic mass is 79.9. The van der Waals surface area contributed by atoms with E-state index in [9.17, 15) is 79.2 Å². The maximum Gasteiger partial charge on any atom is 0.404 e. The fraction of sp³-hybridized carbons (Fsp3) is 0.627. The number of carbonyl (C=O) groups is 9. The van der Waals surface area contributed by atoms with Gasteiger partial charge in [-0.1, -0.05) is 6.92 Å². The van der Waals surface area contributed by atoms with Crippen LogP contribution < -0.4 is 82.9 Å². The number of aliphatic hydroxyl groups is 8. The van der Waals surface area contributed by atoms with E-state index in [0.29, 0.717) is 34.4 Å². The van der Waals surface area contributed by atoms with Gasteiger partial charge in [0.05, 0.1) is 78.9 Å². The number of nitrogen functional groups attached to an aromatic ring is 1. The van der Waals surface area contributed by atoms with Gasteiger partial charge in [-0.2, -0.15) is 0 Å². The van der Waals surface area contributed by atoms with Crippen LogP contribution in [-0.4, -0.2) is 279 Å². The second-order valence-corrected chi connectivity index (χ2v) is 28.5. The van der Waals surface area contributed by atoms with Crippen LogP contribution in [0, 0.1) is 12.8 Å². The molecule has 13 unspecified atom stereocenters. The minimum atomic E-state index is -2.20. The average molecular weight is 1580 g/mol. The molecule has 40 nitrogen and oxygen atoms in total. The van der Waals surface area contributed by atoms with Crippen molar-refractivity contribution in [2.24, 2.45) is 28.9 Å². The summed E-state index contributed by atoms with van der Waals surface area (Å²) < 4.78 is 28.8. The number of H-pyrrole nitrogens is 1. The zero-order valence-corrected chi connectivity index (χ0v) is 61.0. The molecule has 2 aliphatic heterocycles. The Morgan fingerprint density at radius 1 is 0.767 bits per heavy atom. The number of halogens is 1. The Kier molecular flexibility index (Phi) is 33.7. The van der Waals surface area contributed by atoms with Crippen molar-refractivity contribution in [3.05, 3.63) is 56.8 Å². The summed E-state index contributed by atoms with van der Waals surface area (Å²) in [5.41, 5.74) is 28.0. The third-order valence-corrected chi connectivity index (χ3v) is 19.6. The van der Waals surface area contributed by atoms with Gasteiger partial charge >= 0.3 is 6.09 Å². The van der Waals surface area contributed by atoms with E-state index in [4.69, 9.17) is 52.4 Å². The van der Waals surface area contributed by atoms with Crippen LogP contribution in [0.2, 0.25) is 0 Å². The molecule has 2 fully saturated rings. The Balaban J connectivity index is 0.0000191. The molecule has 26 N–H and O–H groups in total. The lowest BCUT2D eigenvalue weighted by molar-refractivity contribution is -0.372. The second-order valence-electron chi connectivity index (χ2n) is 24.5. The lowest BCUT2D eigenvalue weighted by Gasteiger charge is -2.47. The first kappa shape index (κ1) is 86.3. The van der Waals surface area contributed by atoms with Crippen LogP contribution in [0.5, 0.6) is 0 Å². The van der Waals surface area contributed by atoms with Gasteiger partial charge in [-0.25, -0.2) is 29.7 Å². The van der Waals surface area contributed by atoms with Crippen molar-refractivity contribution in [3.63, 3.8) is 0 Å². The number of rotatable bonds is 38. The molecule has 0 aromatic carbocycles. The van der Waals surface area contributed by atoms with E-state index in [1.165, 1.54) is 50.4 Å². The Morgan fingerprint density at radius 2 is 1.45 bits per heavy atom. The van der Waals surface area contributed by atoms with Crippen molar-refractivity contribution in [3.8, 4) is 10.7 Å². The highest BCUT2D eigenvalue weighted by Crippen LogP contribution is 2.35. The molecule has 574 valence electrons. The van der Waals surface area contributed by atoms with Gasteiger partial charge in [0.25, 0.3) is 17.7 Å². The second kappa shape index (κ2) is 40.2. The molecule has 9 amide bonds. The molecule has 6 heterocycles. The molecular weight excluding hydrogens is 1490 g/mol. The molecule has 0 aliphatic carbocycles. The summed E-state index contributed by atoms with van der Waals surface area (Å²) in [6.45, 7) is 6.77. The maximum atomic E-state index is 15.2. The standard InChI is InChI=1S/C59H90N18O22S3.BrH/c1-22(2)70-35(82)20-102(7)12-8-10-66-52(90)30-18-101-56(73-30)31-19-100-36(72-31)9-11-67-53(91)38(26(6)80)75-51(89)24(4)40(83)25(5)71-55(93)39(76-54(92)37-23(3)48(62)77-50(74-37)28(13-34(61)81)68-14-27(60)49(63)88)45(29-15-65-21-69-29)97-58-47(43(86)41(84)32(16-78)96-58)98-57-44(87)46(99-59(64)94)42(85)33(17-79)95-57;/h15,18-19,21-22,24-28,32-33,38-47,57-58,68,78-80,83-87H,8-14,16-17,20,60H2,1-7H3,(H14-,61,62,63,64,65,66,67,69,70,71,74,75,76,77,81,82,88,89,90,91,92,93,94);1H/t24?,25?,26?,27?,28?,32-,33+,38?,39?,40?,41-,42?,43-,44+,45?,46-,47?,57?,58+,102?;/m1./s1. The lowest BCUT2D eigenvalue weighted by atomic mass is 9.96. The van der Waals surface area contributed by atoms with E-state index in [1.54, 1.807) is 10.8 Å². The number of carbonyl (C=O) groups excluding carboxylic acids is 9. The van der Waals surface area contributed by atoms with E-state index >= 15 is 4.79 Å². The Labute approximate surface area is 610 Å². The van der Waals surface area contributed by atoms with Crippen LogP contribution >= 0.6 is 22.7 Å². The number of ether oxygens (including phenoxy) is 5. The average Bonchev–Trinajstić information content (AvgIpc) is 0.967. The number of nitrogens with two attached hydrogens (primary N) is 5. The van der Waals surface area contributed by atoms with Crippen LogP contribution in [0.4, 0.5) is 10.6 Å². The van der Waals surface area contributed by atoms with Crippen molar-refractivity contribution in [1.29, 1.82) is 0 Å². The number of nitrogens with zero attached hydrogens (tertiary/aromatic N) is 5. The first-order chi connectivity index (χ1) is 48.1. The van der Waals surface area contributed by atoms with Gasteiger partial charge in [-0.3, -0.25) is 38.4 Å². The Bertz CT molecular complexity index is 3490. The van der Waals surface area contributed by atoms with Gasteiger partial charge < -0.3 is 152 Å². The Morgan fingerprint density at radius 3 is 2.07 bits per heavy atom. The molecule has 4 aromatic rings. The van der Waals surface area contributed by atoms with Gasteiger partial charge in [0, 0.05) is 61.3 Å². The maximum absolute atomic E-state index is 15.2. The fourth-order valence-electron chi connectivity index (χ4n) is 10.4. The van der Waals surface area contributed by atoms with Crippen molar-refractivity contribution in [2.45, 2.75) is 177 Å². The van der Waals surface area contributed by atoms with E-state index in [1.807, 2.05) is 20.1 Å². The summed E-state index contributed by atoms with van der Waals surface area (Å²) in [6.07, 6.45) is -22.6. The zero-order valence-electron chi connectivity index (χ0n) is 56.9. The minimum Gasteiger partial charge on any atom is -1.00 e. The predicted molar refractivity (Wildman–Crippen MR) is 361 cm³/mol. The first-order valence-electron chi connectivity index (χ1n) is 32.0. The molecule has 2 saturated heterocycles. The largest absolute Gasteiger partial charge is 1.00 e. The van der Waals surface area contributed by atoms with Gasteiger partial charge in [0.2, 0.25) is 29.5 Å². The van der Waals surface area contributed by atoms with Crippen LogP contribution in [0.15, 0.2) is 23.3 Å². The smallest absolute Gasteiger partial charge is 0.404 e. The molecule has 0 saturated carbocycles. The predicted octanol–water partition coefficient (Wildman–Crippen LogP) is -10.8. The number of thiazole rings is 2. The minimum absolute atomic E-state index is 0. The normalized spacial score (nSPS) is 23.3. The summed E-state index contributed by atoms with van der Waals surface area (Å²) in [5, 5.41) is 111. The molecule has 44 heteroatoms. The molecular formula is C59H91BrN18O22S3. The number of aromatic amines is 1. The summed E-state index contributed by atoms with van der Waals surface area (Å²) in [7, 11) is -0.159. The van der Waals surface area contributed by atoms with Crippen LogP contribution in [-0.2, 0) is 69.8 Å². The summed E-state index contributed by atoms with van der Waals surface area (Å²) in [5.74, 6) is -7.66. The number of amides is 9. The van der Waals surface area contributed by atoms with E-state index in [2.05, 4.69) is 67.1 Å². The third-order valence-electron chi connectivity index (χ3n) is 16.0. The number of hydrogen-bond acceptors (Lipinski definition) is 32. The number of aromatic nitrogens is 6. The van der Waals surface area contributed by atoms with Crippen LogP contribution in [0.3, 0.4) is 0 Å². The van der Waals surface area contributed by atoms with Crippen LogP contribution in [0.25, 0.3) is 10.7 Å². The molecule has 103 heavy (non-hydrogen) atoms. The van der Waals surface area contributed by atoms with E-state index in [-0.39, 0.29) is 93.8 Å². The molecule has 0 bridgehead atoms.